The molecule has 3 aromatic heterocycles. The van der Waals surface area contributed by atoms with Crippen molar-refractivity contribution in [3.63, 3.8) is 0 Å². The molecular formula is C21H16ClN3O4S. The summed E-state index contributed by atoms with van der Waals surface area (Å²) in [5, 5.41) is 9.50. The highest BCUT2D eigenvalue weighted by molar-refractivity contribution is 7.13. The number of thiophene rings is 1. The molecule has 0 radical (unpaired) electrons. The molecule has 30 heavy (non-hydrogen) atoms. The van der Waals surface area contributed by atoms with Gasteiger partial charge in [-0.25, -0.2) is 9.78 Å². The first kappa shape index (κ1) is 20.1. The summed E-state index contributed by atoms with van der Waals surface area (Å²) in [4.78, 5) is 30.4. The van der Waals surface area contributed by atoms with E-state index in [2.05, 4.69) is 15.5 Å². The average Bonchev–Trinajstić information content (AvgIpc) is 3.39. The lowest BCUT2D eigenvalue weighted by Gasteiger charge is -2.10. The summed E-state index contributed by atoms with van der Waals surface area (Å²) >= 11 is 7.55. The molecule has 9 heteroatoms. The third-order valence-corrected chi connectivity index (χ3v) is 5.79. The molecule has 0 spiro atoms. The third kappa shape index (κ3) is 3.92. The highest BCUT2D eigenvalue weighted by Gasteiger charge is 2.21. The van der Waals surface area contributed by atoms with Crippen LogP contribution in [0.3, 0.4) is 0 Å². The number of rotatable bonds is 5. The second kappa shape index (κ2) is 8.25. The maximum atomic E-state index is 12.8. The Bertz CT molecular complexity index is 1250. The lowest BCUT2D eigenvalue weighted by molar-refractivity contribution is -0.119. The molecule has 152 valence electrons. The smallest absolute Gasteiger partial charge is 0.339 e. The SMILES string of the molecule is Cc1c(Cl)cccc1NC(=O)COC(=O)c1cc(-c2cccs2)nc2onc(C)c12. The molecule has 7 nitrogen and oxygen atoms in total. The van der Waals surface area contributed by atoms with Crippen LogP contribution >= 0.6 is 22.9 Å². The van der Waals surface area contributed by atoms with E-state index in [-0.39, 0.29) is 11.3 Å². The summed E-state index contributed by atoms with van der Waals surface area (Å²) in [5.41, 5.74) is 2.86. The molecule has 1 N–H and O–H groups in total. The molecule has 0 aliphatic carbocycles. The van der Waals surface area contributed by atoms with Gasteiger partial charge in [-0.2, -0.15) is 0 Å². The zero-order chi connectivity index (χ0) is 21.3. The van der Waals surface area contributed by atoms with Gasteiger partial charge in [0, 0.05) is 10.7 Å². The van der Waals surface area contributed by atoms with E-state index in [1.54, 1.807) is 38.1 Å². The molecule has 0 saturated carbocycles. The number of hydrogen-bond acceptors (Lipinski definition) is 7. The van der Waals surface area contributed by atoms with E-state index in [9.17, 15) is 9.59 Å². The molecule has 4 rings (SSSR count). The van der Waals surface area contributed by atoms with Crippen molar-refractivity contribution < 1.29 is 18.8 Å². The minimum Gasteiger partial charge on any atom is -0.452 e. The Morgan fingerprint density at radius 3 is 2.83 bits per heavy atom. The van der Waals surface area contributed by atoms with Crippen LogP contribution < -0.4 is 5.32 Å². The molecule has 0 saturated heterocycles. The Hall–Kier alpha value is -3.23. The number of aromatic nitrogens is 2. The first-order valence-corrected chi connectivity index (χ1v) is 10.2. The topological polar surface area (TPSA) is 94.3 Å². The van der Waals surface area contributed by atoms with Gasteiger partial charge in [-0.3, -0.25) is 4.79 Å². The van der Waals surface area contributed by atoms with Gasteiger partial charge >= 0.3 is 5.97 Å². The van der Waals surface area contributed by atoms with Gasteiger partial charge in [0.05, 0.1) is 27.2 Å². The normalized spacial score (nSPS) is 10.9. The number of fused-ring (bicyclic) bond motifs is 1. The van der Waals surface area contributed by atoms with Gasteiger partial charge in [-0.1, -0.05) is 28.9 Å². The highest BCUT2D eigenvalue weighted by Crippen LogP contribution is 2.30. The number of aryl methyl sites for hydroxylation is 1. The molecule has 1 amide bonds. The Morgan fingerprint density at radius 2 is 2.07 bits per heavy atom. The van der Waals surface area contributed by atoms with Gasteiger partial charge in [0.25, 0.3) is 11.6 Å². The van der Waals surface area contributed by atoms with Crippen LogP contribution in [-0.4, -0.2) is 28.6 Å². The number of amides is 1. The summed E-state index contributed by atoms with van der Waals surface area (Å²) in [5.74, 6) is -1.14. The number of ether oxygens (including phenoxy) is 1. The standard InChI is InChI=1S/C21H16ClN3O4S/c1-11-14(22)5-3-6-15(11)23-18(26)10-28-21(27)13-9-16(17-7-4-8-30-17)24-20-19(13)12(2)25-29-20/h3-9H,10H2,1-2H3,(H,23,26). The van der Waals surface area contributed by atoms with Crippen LogP contribution in [0.1, 0.15) is 21.6 Å². The first-order chi connectivity index (χ1) is 14.4. The molecule has 0 unspecified atom stereocenters. The van der Waals surface area contributed by atoms with Crippen LogP contribution in [0.2, 0.25) is 5.02 Å². The summed E-state index contributed by atoms with van der Waals surface area (Å²) in [6, 6.07) is 10.6. The molecule has 1 aromatic carbocycles. The summed E-state index contributed by atoms with van der Waals surface area (Å²) in [6.45, 7) is 3.05. The quantitative estimate of drug-likeness (QED) is 0.437. The number of hydrogen-bond donors (Lipinski definition) is 1. The van der Waals surface area contributed by atoms with Crippen LogP contribution in [0.4, 0.5) is 5.69 Å². The number of carbonyl (C=O) groups excluding carboxylic acids is 2. The number of halogens is 1. The zero-order valence-electron chi connectivity index (χ0n) is 16.1. The number of nitrogens with zero attached hydrogens (tertiary/aromatic N) is 2. The molecule has 0 bridgehead atoms. The van der Waals surface area contributed by atoms with E-state index >= 15 is 0 Å². The molecule has 0 aliphatic rings. The molecule has 0 atom stereocenters. The van der Waals surface area contributed by atoms with Crippen LogP contribution in [0.15, 0.2) is 46.3 Å². The van der Waals surface area contributed by atoms with Crippen molar-refractivity contribution in [3.05, 3.63) is 63.6 Å². The third-order valence-electron chi connectivity index (χ3n) is 4.49. The largest absolute Gasteiger partial charge is 0.452 e. The van der Waals surface area contributed by atoms with Gasteiger partial charge in [0.2, 0.25) is 0 Å². The maximum absolute atomic E-state index is 12.8. The Balaban J connectivity index is 1.55. The summed E-state index contributed by atoms with van der Waals surface area (Å²) in [7, 11) is 0. The average molecular weight is 442 g/mol. The van der Waals surface area contributed by atoms with Crippen molar-refractivity contribution in [1.29, 1.82) is 0 Å². The maximum Gasteiger partial charge on any atom is 0.339 e. The van der Waals surface area contributed by atoms with E-state index in [0.29, 0.717) is 27.5 Å². The number of esters is 1. The van der Waals surface area contributed by atoms with Gasteiger partial charge < -0.3 is 14.6 Å². The zero-order valence-corrected chi connectivity index (χ0v) is 17.6. The minimum absolute atomic E-state index is 0.240. The number of anilines is 1. The van der Waals surface area contributed by atoms with E-state index in [0.717, 1.165) is 10.4 Å². The lowest BCUT2D eigenvalue weighted by atomic mass is 10.1. The van der Waals surface area contributed by atoms with Crippen molar-refractivity contribution in [3.8, 4) is 10.6 Å². The Labute approximate surface area is 180 Å². The summed E-state index contributed by atoms with van der Waals surface area (Å²) in [6.07, 6.45) is 0. The molecule has 0 fully saturated rings. The number of pyridine rings is 1. The van der Waals surface area contributed by atoms with E-state index in [1.807, 2.05) is 17.5 Å². The van der Waals surface area contributed by atoms with E-state index < -0.39 is 18.5 Å². The predicted octanol–water partition coefficient (Wildman–Crippen LogP) is 5.02. The van der Waals surface area contributed by atoms with Crippen molar-refractivity contribution in [2.75, 3.05) is 11.9 Å². The number of carbonyl (C=O) groups is 2. The Kier molecular flexibility index (Phi) is 5.52. The van der Waals surface area contributed by atoms with Crippen molar-refractivity contribution in [2.24, 2.45) is 0 Å². The fourth-order valence-corrected chi connectivity index (χ4v) is 3.80. The first-order valence-electron chi connectivity index (χ1n) is 8.97. The minimum atomic E-state index is -0.663. The van der Waals surface area contributed by atoms with Gasteiger partial charge in [0.15, 0.2) is 6.61 Å². The van der Waals surface area contributed by atoms with E-state index in [4.69, 9.17) is 20.9 Å². The van der Waals surface area contributed by atoms with Gasteiger partial charge in [-0.15, -0.1) is 11.3 Å². The molecule has 0 aliphatic heterocycles. The van der Waals surface area contributed by atoms with Crippen LogP contribution in [0.5, 0.6) is 0 Å². The fourth-order valence-electron chi connectivity index (χ4n) is 2.94. The van der Waals surface area contributed by atoms with Gasteiger partial charge in [-0.05, 0) is 49.1 Å². The Morgan fingerprint density at radius 1 is 1.23 bits per heavy atom. The number of benzene rings is 1. The molecule has 4 aromatic rings. The van der Waals surface area contributed by atoms with Crippen molar-refractivity contribution >= 4 is 51.6 Å². The second-order valence-electron chi connectivity index (χ2n) is 6.52. The van der Waals surface area contributed by atoms with Crippen molar-refractivity contribution in [2.45, 2.75) is 13.8 Å². The summed E-state index contributed by atoms with van der Waals surface area (Å²) < 4.78 is 10.5. The fraction of sp³-hybridized carbons (Fsp3) is 0.143. The van der Waals surface area contributed by atoms with Gasteiger partial charge in [0.1, 0.15) is 0 Å². The van der Waals surface area contributed by atoms with Crippen LogP contribution in [0.25, 0.3) is 21.7 Å². The van der Waals surface area contributed by atoms with Crippen molar-refractivity contribution in [1.82, 2.24) is 10.1 Å². The van der Waals surface area contributed by atoms with Crippen LogP contribution in [-0.2, 0) is 9.53 Å². The predicted molar refractivity (Wildman–Crippen MR) is 115 cm³/mol. The lowest BCUT2D eigenvalue weighted by Crippen LogP contribution is -2.21. The van der Waals surface area contributed by atoms with E-state index in [1.165, 1.54) is 11.3 Å². The number of nitrogens with one attached hydrogen (secondary N) is 1. The highest BCUT2D eigenvalue weighted by atomic mass is 35.5. The monoisotopic (exact) mass is 441 g/mol. The molecule has 3 heterocycles. The second-order valence-corrected chi connectivity index (χ2v) is 7.87. The van der Waals surface area contributed by atoms with Crippen LogP contribution in [0, 0.1) is 13.8 Å². The molecular weight excluding hydrogens is 426 g/mol.